The minimum atomic E-state index is -0.619. The van der Waals surface area contributed by atoms with E-state index in [0.717, 1.165) is 21.2 Å². The van der Waals surface area contributed by atoms with E-state index in [0.29, 0.717) is 6.54 Å². The van der Waals surface area contributed by atoms with Crippen LogP contribution in [0.25, 0.3) is 0 Å². The molecule has 0 saturated heterocycles. The van der Waals surface area contributed by atoms with Crippen molar-refractivity contribution < 1.29 is 5.11 Å². The van der Waals surface area contributed by atoms with Gasteiger partial charge in [-0.2, -0.15) is 0 Å². The number of nitrogens with two attached hydrogens (primary N) is 1. The Morgan fingerprint density at radius 2 is 1.76 bits per heavy atom. The first-order valence-electron chi connectivity index (χ1n) is 7.16. The Hall–Kier alpha value is -1.16. The van der Waals surface area contributed by atoms with Gasteiger partial charge in [0, 0.05) is 16.9 Å². The Balaban J connectivity index is 2.40. The van der Waals surface area contributed by atoms with E-state index in [4.69, 9.17) is 5.73 Å². The van der Waals surface area contributed by atoms with Gasteiger partial charge in [0.25, 0.3) is 0 Å². The van der Waals surface area contributed by atoms with E-state index in [-0.39, 0.29) is 5.92 Å². The van der Waals surface area contributed by atoms with Crippen molar-refractivity contribution in [1.29, 1.82) is 0 Å². The van der Waals surface area contributed by atoms with Crippen LogP contribution >= 0.6 is 15.9 Å². The lowest BCUT2D eigenvalue weighted by Gasteiger charge is -2.24. The Kier molecular flexibility index (Phi) is 5.20. The molecule has 21 heavy (non-hydrogen) atoms. The van der Waals surface area contributed by atoms with Crippen molar-refractivity contribution in [2.45, 2.75) is 32.8 Å². The zero-order valence-electron chi connectivity index (χ0n) is 12.7. The van der Waals surface area contributed by atoms with Gasteiger partial charge in [-0.05, 0) is 48.6 Å². The maximum atomic E-state index is 10.8. The summed E-state index contributed by atoms with van der Waals surface area (Å²) in [5, 5.41) is 10.8. The maximum Gasteiger partial charge on any atom is 0.0881 e. The third kappa shape index (κ3) is 3.37. The summed E-state index contributed by atoms with van der Waals surface area (Å²) in [5.74, 6) is -0.109. The average Bonchev–Trinajstić information content (AvgIpc) is 2.46. The summed E-state index contributed by atoms with van der Waals surface area (Å²) in [5.41, 5.74) is 11.5. The second kappa shape index (κ2) is 6.73. The lowest BCUT2D eigenvalue weighted by molar-refractivity contribution is 0.146. The lowest BCUT2D eigenvalue weighted by Crippen LogP contribution is -2.20. The molecule has 0 aliphatic heterocycles. The zero-order valence-corrected chi connectivity index (χ0v) is 14.3. The predicted molar refractivity (Wildman–Crippen MR) is 91.6 cm³/mol. The van der Waals surface area contributed by atoms with Crippen LogP contribution in [0.2, 0.25) is 0 Å². The zero-order chi connectivity index (χ0) is 15.6. The monoisotopic (exact) mass is 347 g/mol. The van der Waals surface area contributed by atoms with Crippen LogP contribution in [0.1, 0.15) is 39.8 Å². The van der Waals surface area contributed by atoms with Crippen molar-refractivity contribution in [3.63, 3.8) is 0 Å². The fourth-order valence-corrected chi connectivity index (χ4v) is 3.06. The first-order valence-corrected chi connectivity index (χ1v) is 7.95. The second-order valence-electron chi connectivity index (χ2n) is 5.61. The predicted octanol–water partition coefficient (Wildman–Crippen LogP) is 4.15. The topological polar surface area (TPSA) is 46.2 Å². The van der Waals surface area contributed by atoms with Gasteiger partial charge in [0.1, 0.15) is 0 Å². The average molecular weight is 348 g/mol. The van der Waals surface area contributed by atoms with Crippen LogP contribution in [0.4, 0.5) is 0 Å². The van der Waals surface area contributed by atoms with Crippen LogP contribution in [-0.2, 0) is 0 Å². The Bertz CT molecular complexity index is 639. The number of aryl methyl sites for hydroxylation is 3. The van der Waals surface area contributed by atoms with Gasteiger partial charge in [0.15, 0.2) is 0 Å². The summed E-state index contributed by atoms with van der Waals surface area (Å²) >= 11 is 3.58. The van der Waals surface area contributed by atoms with Crippen LogP contribution in [0.15, 0.2) is 40.9 Å². The molecule has 2 nitrogen and oxygen atoms in total. The number of hydrogen-bond acceptors (Lipinski definition) is 2. The van der Waals surface area contributed by atoms with Gasteiger partial charge in [-0.15, -0.1) is 0 Å². The van der Waals surface area contributed by atoms with Gasteiger partial charge >= 0.3 is 0 Å². The number of aliphatic hydroxyl groups excluding tert-OH is 1. The summed E-state index contributed by atoms with van der Waals surface area (Å²) in [4.78, 5) is 0. The molecule has 0 fully saturated rings. The van der Waals surface area contributed by atoms with Crippen molar-refractivity contribution in [3.8, 4) is 0 Å². The van der Waals surface area contributed by atoms with Crippen LogP contribution in [0, 0.1) is 20.8 Å². The highest BCUT2D eigenvalue weighted by atomic mass is 79.9. The highest BCUT2D eigenvalue weighted by Crippen LogP contribution is 2.35. The third-order valence-electron chi connectivity index (χ3n) is 4.13. The second-order valence-corrected chi connectivity index (χ2v) is 6.40. The molecule has 0 aromatic heterocycles. The van der Waals surface area contributed by atoms with Gasteiger partial charge in [-0.25, -0.2) is 0 Å². The van der Waals surface area contributed by atoms with E-state index < -0.39 is 6.10 Å². The standard InChI is InChI=1S/C18H22BrNO/c1-11-7-8-14(9-13(11)3)16(10-20)18(21)15-6-4-5-12(2)17(15)19/h4-9,16,18,21H,10,20H2,1-3H3. The minimum Gasteiger partial charge on any atom is -0.388 e. The van der Waals surface area contributed by atoms with Gasteiger partial charge in [-0.3, -0.25) is 0 Å². The van der Waals surface area contributed by atoms with E-state index in [9.17, 15) is 5.11 Å². The highest BCUT2D eigenvalue weighted by Gasteiger charge is 2.24. The molecule has 112 valence electrons. The number of benzene rings is 2. The van der Waals surface area contributed by atoms with Crippen molar-refractivity contribution in [2.75, 3.05) is 6.54 Å². The van der Waals surface area contributed by atoms with E-state index >= 15 is 0 Å². The summed E-state index contributed by atoms with van der Waals surface area (Å²) in [7, 11) is 0. The van der Waals surface area contributed by atoms with Crippen molar-refractivity contribution >= 4 is 15.9 Å². The normalized spacial score (nSPS) is 14.0. The number of aliphatic hydroxyl groups is 1. The fraction of sp³-hybridized carbons (Fsp3) is 0.333. The molecule has 0 bridgehead atoms. The molecule has 0 heterocycles. The van der Waals surface area contributed by atoms with Crippen molar-refractivity contribution in [3.05, 3.63) is 68.7 Å². The summed E-state index contributed by atoms with van der Waals surface area (Å²) in [6.07, 6.45) is -0.619. The fourth-order valence-electron chi connectivity index (χ4n) is 2.56. The molecule has 0 spiro atoms. The molecule has 0 radical (unpaired) electrons. The number of halogens is 1. The first-order chi connectivity index (χ1) is 9.95. The summed E-state index contributed by atoms with van der Waals surface area (Å²) < 4.78 is 0.958. The largest absolute Gasteiger partial charge is 0.388 e. The molecule has 0 aliphatic rings. The molecular weight excluding hydrogens is 326 g/mol. The Labute approximate surface area is 135 Å². The number of rotatable bonds is 4. The molecule has 2 atom stereocenters. The quantitative estimate of drug-likeness (QED) is 0.872. The van der Waals surface area contributed by atoms with Gasteiger partial charge < -0.3 is 10.8 Å². The van der Waals surface area contributed by atoms with Crippen LogP contribution in [-0.4, -0.2) is 11.7 Å². The first kappa shape index (κ1) is 16.2. The lowest BCUT2D eigenvalue weighted by atomic mass is 9.87. The molecule has 3 N–H and O–H groups in total. The van der Waals surface area contributed by atoms with Crippen LogP contribution < -0.4 is 5.73 Å². The van der Waals surface area contributed by atoms with E-state index in [1.165, 1.54) is 11.1 Å². The van der Waals surface area contributed by atoms with Gasteiger partial charge in [0.05, 0.1) is 6.10 Å². The summed E-state index contributed by atoms with van der Waals surface area (Å²) in [6.45, 7) is 6.60. The Morgan fingerprint density at radius 3 is 2.38 bits per heavy atom. The minimum absolute atomic E-state index is 0.109. The van der Waals surface area contributed by atoms with E-state index in [2.05, 4.69) is 48.0 Å². The molecule has 2 rings (SSSR count). The molecule has 0 saturated carbocycles. The van der Waals surface area contributed by atoms with E-state index in [1.807, 2.05) is 25.1 Å². The van der Waals surface area contributed by atoms with Gasteiger partial charge in [0.2, 0.25) is 0 Å². The third-order valence-corrected chi connectivity index (χ3v) is 5.22. The molecule has 0 amide bonds. The maximum absolute atomic E-state index is 10.8. The van der Waals surface area contributed by atoms with Gasteiger partial charge in [-0.1, -0.05) is 52.3 Å². The van der Waals surface area contributed by atoms with Crippen LogP contribution in [0.3, 0.4) is 0 Å². The molecule has 2 aromatic carbocycles. The summed E-state index contributed by atoms with van der Waals surface area (Å²) in [6, 6.07) is 12.2. The smallest absolute Gasteiger partial charge is 0.0881 e. The molecule has 2 unspecified atom stereocenters. The molecule has 2 aromatic rings. The van der Waals surface area contributed by atoms with Crippen molar-refractivity contribution in [2.24, 2.45) is 5.73 Å². The molecular formula is C18H22BrNO. The highest BCUT2D eigenvalue weighted by molar-refractivity contribution is 9.10. The Morgan fingerprint density at radius 1 is 1.05 bits per heavy atom. The molecule has 3 heteroatoms. The van der Waals surface area contributed by atoms with Crippen molar-refractivity contribution in [1.82, 2.24) is 0 Å². The van der Waals surface area contributed by atoms with E-state index in [1.54, 1.807) is 0 Å². The SMILES string of the molecule is Cc1ccc(C(CN)C(O)c2cccc(C)c2Br)cc1C. The number of hydrogen-bond donors (Lipinski definition) is 2. The van der Waals surface area contributed by atoms with Crippen LogP contribution in [0.5, 0.6) is 0 Å². The molecule has 0 aliphatic carbocycles.